The van der Waals surface area contributed by atoms with Crippen molar-refractivity contribution >= 4 is 44.3 Å². The van der Waals surface area contributed by atoms with Crippen molar-refractivity contribution in [3.8, 4) is 22.8 Å². The Morgan fingerprint density at radius 1 is 0.970 bits per heavy atom. The molecule has 2 aromatic heterocycles. The van der Waals surface area contributed by atoms with E-state index in [1.165, 1.54) is 27.6 Å². The van der Waals surface area contributed by atoms with Crippen LogP contribution in [0.2, 0.25) is 5.02 Å². The summed E-state index contributed by atoms with van der Waals surface area (Å²) in [6.07, 6.45) is 1.42. The lowest BCUT2D eigenvalue weighted by Crippen LogP contribution is -2.22. The molecular weight excluding hydrogens is 510 g/mol. The lowest BCUT2D eigenvalue weighted by atomic mass is 10.2. The van der Waals surface area contributed by atoms with Crippen molar-refractivity contribution in [2.45, 2.75) is 0 Å². The van der Waals surface area contributed by atoms with Crippen molar-refractivity contribution in [3.05, 3.63) is 109 Å². The number of benzene rings is 3. The fourth-order valence-electron chi connectivity index (χ4n) is 3.52. The van der Waals surface area contributed by atoms with Gasteiger partial charge in [0.2, 0.25) is 0 Å². The minimum absolute atomic E-state index is 0.0845. The third-order valence-corrected chi connectivity index (χ3v) is 5.85. The first kappa shape index (κ1) is 21.0. The van der Waals surface area contributed by atoms with Gasteiger partial charge in [-0.1, -0.05) is 45.7 Å². The molecule has 10 heteroatoms. The third kappa shape index (κ3) is 3.81. The standard InChI is InChI=1S/C23H13BrClN5O3/c24-15-6-4-14(5-7-15)21-27-22-20(23(31)28(21)17-10-8-16(25)9-11-17)13-26-29(22)18-2-1-3-19(12-18)30(32)33/h1-13H. The molecule has 0 bridgehead atoms. The lowest BCUT2D eigenvalue weighted by Gasteiger charge is -2.13. The normalized spacial score (nSPS) is 11.1. The van der Waals surface area contributed by atoms with Gasteiger partial charge in [-0.2, -0.15) is 5.10 Å². The molecule has 0 amide bonds. The Balaban J connectivity index is 1.82. The average molecular weight is 523 g/mol. The summed E-state index contributed by atoms with van der Waals surface area (Å²) in [5.41, 5.74) is 1.62. The second-order valence-electron chi connectivity index (χ2n) is 7.13. The van der Waals surface area contributed by atoms with Gasteiger partial charge in [0.25, 0.3) is 11.2 Å². The molecule has 2 heterocycles. The van der Waals surface area contributed by atoms with Crippen molar-refractivity contribution in [2.75, 3.05) is 0 Å². The summed E-state index contributed by atoms with van der Waals surface area (Å²) >= 11 is 9.47. The van der Waals surface area contributed by atoms with Gasteiger partial charge in [0.1, 0.15) is 11.2 Å². The molecule has 0 N–H and O–H groups in total. The topological polar surface area (TPSA) is 95.8 Å². The molecule has 162 valence electrons. The lowest BCUT2D eigenvalue weighted by molar-refractivity contribution is -0.384. The number of non-ortho nitro benzene ring substituents is 1. The number of aromatic nitrogens is 4. The first-order chi connectivity index (χ1) is 15.9. The number of halogens is 2. The minimum Gasteiger partial charge on any atom is -0.268 e. The molecule has 5 aromatic rings. The van der Waals surface area contributed by atoms with E-state index in [4.69, 9.17) is 16.6 Å². The molecule has 5 rings (SSSR count). The molecule has 0 atom stereocenters. The van der Waals surface area contributed by atoms with Crippen LogP contribution in [-0.4, -0.2) is 24.3 Å². The highest BCUT2D eigenvalue weighted by Crippen LogP contribution is 2.26. The van der Waals surface area contributed by atoms with Crippen molar-refractivity contribution in [3.63, 3.8) is 0 Å². The number of nitro groups is 1. The minimum atomic E-state index is -0.483. The Bertz CT molecular complexity index is 1580. The van der Waals surface area contributed by atoms with Crippen LogP contribution >= 0.6 is 27.5 Å². The highest BCUT2D eigenvalue weighted by molar-refractivity contribution is 9.10. The van der Waals surface area contributed by atoms with Gasteiger partial charge in [-0.05, 0) is 42.5 Å². The van der Waals surface area contributed by atoms with Crippen LogP contribution < -0.4 is 5.56 Å². The van der Waals surface area contributed by atoms with Crippen LogP contribution in [0.25, 0.3) is 33.8 Å². The molecule has 8 nitrogen and oxygen atoms in total. The Kier molecular flexibility index (Phi) is 5.27. The average Bonchev–Trinajstić information content (AvgIpc) is 3.25. The van der Waals surface area contributed by atoms with E-state index >= 15 is 0 Å². The fraction of sp³-hybridized carbons (Fsp3) is 0. The summed E-state index contributed by atoms with van der Waals surface area (Å²) in [4.78, 5) is 29.1. The number of hydrogen-bond acceptors (Lipinski definition) is 5. The first-order valence-electron chi connectivity index (χ1n) is 9.70. The zero-order valence-electron chi connectivity index (χ0n) is 16.7. The van der Waals surface area contributed by atoms with Crippen LogP contribution in [0.5, 0.6) is 0 Å². The molecule has 0 saturated carbocycles. The van der Waals surface area contributed by atoms with Gasteiger partial charge >= 0.3 is 0 Å². The van der Waals surface area contributed by atoms with E-state index in [0.717, 1.165) is 4.47 Å². The largest absolute Gasteiger partial charge is 0.271 e. The maximum absolute atomic E-state index is 13.6. The van der Waals surface area contributed by atoms with Crippen LogP contribution in [0.4, 0.5) is 5.69 Å². The predicted octanol–water partition coefficient (Wildman–Crippen LogP) is 5.56. The number of nitro benzene ring substituents is 1. The van der Waals surface area contributed by atoms with Crippen LogP contribution in [0.15, 0.2) is 88.3 Å². The van der Waals surface area contributed by atoms with E-state index in [1.54, 1.807) is 36.4 Å². The first-order valence-corrected chi connectivity index (χ1v) is 10.9. The molecule has 3 aromatic carbocycles. The molecule has 0 aliphatic carbocycles. The van der Waals surface area contributed by atoms with Crippen LogP contribution in [0.3, 0.4) is 0 Å². The van der Waals surface area contributed by atoms with E-state index in [0.29, 0.717) is 33.4 Å². The molecule has 0 aliphatic rings. The second kappa shape index (κ2) is 8.27. The molecule has 0 unspecified atom stereocenters. The van der Waals surface area contributed by atoms with E-state index in [1.807, 2.05) is 24.3 Å². The van der Waals surface area contributed by atoms with Gasteiger partial charge in [0, 0.05) is 27.2 Å². The van der Waals surface area contributed by atoms with Crippen LogP contribution in [0, 0.1) is 10.1 Å². The Morgan fingerprint density at radius 2 is 1.70 bits per heavy atom. The van der Waals surface area contributed by atoms with E-state index < -0.39 is 4.92 Å². The number of nitrogens with zero attached hydrogens (tertiary/aromatic N) is 5. The molecule has 0 saturated heterocycles. The monoisotopic (exact) mass is 521 g/mol. The maximum atomic E-state index is 13.6. The van der Waals surface area contributed by atoms with Gasteiger partial charge in [0.15, 0.2) is 5.65 Å². The third-order valence-electron chi connectivity index (χ3n) is 5.07. The summed E-state index contributed by atoms with van der Waals surface area (Å²) in [5.74, 6) is 0.398. The highest BCUT2D eigenvalue weighted by atomic mass is 79.9. The van der Waals surface area contributed by atoms with E-state index in [-0.39, 0.29) is 16.6 Å². The van der Waals surface area contributed by atoms with Gasteiger partial charge in [0.05, 0.1) is 22.5 Å². The summed E-state index contributed by atoms with van der Waals surface area (Å²) in [7, 11) is 0. The zero-order chi connectivity index (χ0) is 23.1. The molecule has 0 aliphatic heterocycles. The smallest absolute Gasteiger partial charge is 0.268 e. The van der Waals surface area contributed by atoms with Crippen LogP contribution in [-0.2, 0) is 0 Å². The summed E-state index contributed by atoms with van der Waals surface area (Å²) < 4.78 is 3.81. The van der Waals surface area contributed by atoms with Crippen molar-refractivity contribution in [1.82, 2.24) is 19.3 Å². The predicted molar refractivity (Wildman–Crippen MR) is 129 cm³/mol. The summed E-state index contributed by atoms with van der Waals surface area (Å²) in [5, 5.41) is 16.4. The Labute approximate surface area is 200 Å². The molecule has 0 spiro atoms. The molecule has 33 heavy (non-hydrogen) atoms. The SMILES string of the molecule is O=c1c2cnn(-c3cccc([N+](=O)[O-])c3)c2nc(-c2ccc(Br)cc2)n1-c1ccc(Cl)cc1. The van der Waals surface area contributed by atoms with Crippen molar-refractivity contribution in [1.29, 1.82) is 0 Å². The van der Waals surface area contributed by atoms with Crippen molar-refractivity contribution in [2.24, 2.45) is 0 Å². The second-order valence-corrected chi connectivity index (χ2v) is 8.48. The summed E-state index contributed by atoms with van der Waals surface area (Å²) in [6.45, 7) is 0. The van der Waals surface area contributed by atoms with E-state index in [2.05, 4.69) is 21.0 Å². The quantitative estimate of drug-likeness (QED) is 0.227. The van der Waals surface area contributed by atoms with E-state index in [9.17, 15) is 14.9 Å². The number of rotatable bonds is 4. The van der Waals surface area contributed by atoms with Gasteiger partial charge in [-0.25, -0.2) is 9.67 Å². The Hall–Kier alpha value is -3.82. The number of fused-ring (bicyclic) bond motifs is 1. The van der Waals surface area contributed by atoms with Gasteiger partial charge in [-0.3, -0.25) is 19.5 Å². The van der Waals surface area contributed by atoms with Gasteiger partial charge < -0.3 is 0 Å². The fourth-order valence-corrected chi connectivity index (χ4v) is 3.91. The van der Waals surface area contributed by atoms with Crippen LogP contribution in [0.1, 0.15) is 0 Å². The Morgan fingerprint density at radius 3 is 2.39 bits per heavy atom. The molecule has 0 fully saturated rings. The zero-order valence-corrected chi connectivity index (χ0v) is 19.1. The van der Waals surface area contributed by atoms with Crippen molar-refractivity contribution < 1.29 is 4.92 Å². The number of hydrogen-bond donors (Lipinski definition) is 0. The van der Waals surface area contributed by atoms with Gasteiger partial charge in [-0.15, -0.1) is 0 Å². The molecular formula is C23H13BrClN5O3. The highest BCUT2D eigenvalue weighted by Gasteiger charge is 2.19. The molecule has 0 radical (unpaired) electrons. The maximum Gasteiger partial charge on any atom is 0.271 e. The summed E-state index contributed by atoms with van der Waals surface area (Å²) in [6, 6.07) is 20.3.